The van der Waals surface area contributed by atoms with Crippen LogP contribution >= 0.6 is 0 Å². The summed E-state index contributed by atoms with van der Waals surface area (Å²) < 4.78 is 37.5. The highest BCUT2D eigenvalue weighted by Gasteiger charge is 2.30. The van der Waals surface area contributed by atoms with Gasteiger partial charge in [0.25, 0.3) is 11.6 Å². The van der Waals surface area contributed by atoms with Crippen LogP contribution in [0.1, 0.15) is 15.9 Å². The Balaban J connectivity index is 2.24. The molecular weight excluding hydrogens is 339 g/mol. The lowest BCUT2D eigenvalue weighted by atomic mass is 10.1. The molecule has 2 aromatic carbocycles. The van der Waals surface area contributed by atoms with Crippen LogP contribution in [0.3, 0.4) is 0 Å². The van der Waals surface area contributed by atoms with Crippen molar-refractivity contribution in [1.29, 1.82) is 0 Å². The summed E-state index contributed by atoms with van der Waals surface area (Å²) in [6.45, 7) is 0. The summed E-state index contributed by atoms with van der Waals surface area (Å²) in [5.41, 5.74) is -0.577. The van der Waals surface area contributed by atoms with Crippen molar-refractivity contribution >= 4 is 23.0 Å². The van der Waals surface area contributed by atoms with E-state index in [2.05, 4.69) is 5.32 Å². The van der Waals surface area contributed by atoms with Crippen LogP contribution in [0, 0.1) is 10.1 Å². The topological polar surface area (TPSA) is 75.5 Å². The highest BCUT2D eigenvalue weighted by molar-refractivity contribution is 6.05. The number of hydrogen-bond acceptors (Lipinski definition) is 4. The van der Waals surface area contributed by atoms with Gasteiger partial charge in [0.05, 0.1) is 10.5 Å². The molecule has 0 bridgehead atoms. The van der Waals surface area contributed by atoms with Gasteiger partial charge in [-0.05, 0) is 36.4 Å². The van der Waals surface area contributed by atoms with Crippen molar-refractivity contribution in [2.24, 2.45) is 0 Å². The van der Waals surface area contributed by atoms with Crippen molar-refractivity contribution in [1.82, 2.24) is 0 Å². The fourth-order valence-corrected chi connectivity index (χ4v) is 2.13. The van der Waals surface area contributed by atoms with Gasteiger partial charge < -0.3 is 10.2 Å². The Hall–Kier alpha value is -3.10. The minimum Gasteiger partial charge on any atom is -0.372 e. The van der Waals surface area contributed by atoms with Crippen LogP contribution < -0.4 is 10.2 Å². The van der Waals surface area contributed by atoms with Gasteiger partial charge in [0.1, 0.15) is 5.69 Å². The second-order valence-electron chi connectivity index (χ2n) is 5.38. The largest absolute Gasteiger partial charge is 0.416 e. The molecule has 2 rings (SSSR count). The second-order valence-corrected chi connectivity index (χ2v) is 5.38. The van der Waals surface area contributed by atoms with Crippen LogP contribution in [0.4, 0.5) is 30.2 Å². The van der Waals surface area contributed by atoms with E-state index in [0.717, 1.165) is 30.3 Å². The monoisotopic (exact) mass is 353 g/mol. The minimum atomic E-state index is -4.47. The normalized spacial score (nSPS) is 11.1. The number of carbonyl (C=O) groups is 1. The lowest BCUT2D eigenvalue weighted by molar-refractivity contribution is -0.384. The molecule has 0 radical (unpaired) electrons. The molecule has 9 heteroatoms. The summed E-state index contributed by atoms with van der Waals surface area (Å²) in [6, 6.07) is 7.86. The van der Waals surface area contributed by atoms with E-state index in [1.165, 1.54) is 17.0 Å². The zero-order valence-corrected chi connectivity index (χ0v) is 13.3. The molecule has 0 aliphatic heterocycles. The predicted octanol–water partition coefficient (Wildman–Crippen LogP) is 3.93. The SMILES string of the molecule is CN(C)c1ccc(C(=O)Nc2ccc(C(F)(F)F)cc2)cc1[N+](=O)[O-]. The van der Waals surface area contributed by atoms with Gasteiger partial charge in [-0.15, -0.1) is 0 Å². The Labute approximate surface area is 141 Å². The van der Waals surface area contributed by atoms with Crippen LogP contribution in [0.25, 0.3) is 0 Å². The first kappa shape index (κ1) is 18.2. The van der Waals surface area contributed by atoms with Crippen molar-refractivity contribution in [2.45, 2.75) is 6.18 Å². The molecular formula is C16H14F3N3O3. The summed E-state index contributed by atoms with van der Waals surface area (Å²) in [5.74, 6) is -0.659. The maximum atomic E-state index is 12.5. The van der Waals surface area contributed by atoms with E-state index < -0.39 is 22.6 Å². The Morgan fingerprint density at radius 1 is 1.12 bits per heavy atom. The van der Waals surface area contributed by atoms with Gasteiger partial charge in [-0.1, -0.05) is 0 Å². The van der Waals surface area contributed by atoms with Crippen molar-refractivity contribution in [2.75, 3.05) is 24.3 Å². The molecule has 0 aliphatic carbocycles. The maximum absolute atomic E-state index is 12.5. The number of nitrogens with zero attached hydrogens (tertiary/aromatic N) is 2. The fourth-order valence-electron chi connectivity index (χ4n) is 2.13. The zero-order chi connectivity index (χ0) is 18.8. The first-order valence-electron chi connectivity index (χ1n) is 7.04. The average Bonchev–Trinajstić information content (AvgIpc) is 2.53. The maximum Gasteiger partial charge on any atom is 0.416 e. The molecule has 0 atom stereocenters. The van der Waals surface area contributed by atoms with Crippen LogP contribution in [-0.4, -0.2) is 24.9 Å². The summed E-state index contributed by atoms with van der Waals surface area (Å²) in [5, 5.41) is 13.5. The summed E-state index contributed by atoms with van der Waals surface area (Å²) in [7, 11) is 3.26. The predicted molar refractivity (Wildman–Crippen MR) is 86.8 cm³/mol. The molecule has 0 aromatic heterocycles. The quantitative estimate of drug-likeness (QED) is 0.667. The van der Waals surface area contributed by atoms with Gasteiger partial charge in [-0.2, -0.15) is 13.2 Å². The van der Waals surface area contributed by atoms with Gasteiger partial charge in [0, 0.05) is 31.4 Å². The fraction of sp³-hybridized carbons (Fsp3) is 0.188. The number of amides is 1. The van der Waals surface area contributed by atoms with Gasteiger partial charge in [0.15, 0.2) is 0 Å². The number of carbonyl (C=O) groups excluding carboxylic acids is 1. The molecule has 1 N–H and O–H groups in total. The van der Waals surface area contributed by atoms with E-state index in [-0.39, 0.29) is 16.9 Å². The zero-order valence-electron chi connectivity index (χ0n) is 13.3. The molecule has 0 saturated heterocycles. The van der Waals surface area contributed by atoms with E-state index in [1.54, 1.807) is 14.1 Å². The van der Waals surface area contributed by atoms with Gasteiger partial charge in [-0.25, -0.2) is 0 Å². The van der Waals surface area contributed by atoms with E-state index in [1.807, 2.05) is 0 Å². The van der Waals surface area contributed by atoms with Gasteiger partial charge in [0.2, 0.25) is 0 Å². The number of alkyl halides is 3. The van der Waals surface area contributed by atoms with Crippen molar-refractivity contribution in [3.63, 3.8) is 0 Å². The Morgan fingerprint density at radius 2 is 1.72 bits per heavy atom. The molecule has 0 fully saturated rings. The molecule has 2 aromatic rings. The Morgan fingerprint density at radius 3 is 2.20 bits per heavy atom. The molecule has 0 unspecified atom stereocenters. The second kappa shape index (κ2) is 6.80. The molecule has 132 valence electrons. The number of rotatable bonds is 4. The van der Waals surface area contributed by atoms with Crippen LogP contribution in [-0.2, 0) is 6.18 Å². The lowest BCUT2D eigenvalue weighted by Gasteiger charge is -2.13. The van der Waals surface area contributed by atoms with E-state index >= 15 is 0 Å². The third-order valence-electron chi connectivity index (χ3n) is 3.39. The average molecular weight is 353 g/mol. The molecule has 0 heterocycles. The Bertz CT molecular complexity index is 803. The highest BCUT2D eigenvalue weighted by Crippen LogP contribution is 2.30. The Kier molecular flexibility index (Phi) is 4.96. The third kappa shape index (κ3) is 4.25. The number of anilines is 2. The number of nitro benzene ring substituents is 1. The van der Waals surface area contributed by atoms with Gasteiger partial charge >= 0.3 is 6.18 Å². The van der Waals surface area contributed by atoms with E-state index in [4.69, 9.17) is 0 Å². The first-order chi connectivity index (χ1) is 11.6. The van der Waals surface area contributed by atoms with E-state index in [0.29, 0.717) is 5.69 Å². The van der Waals surface area contributed by atoms with Crippen LogP contribution in [0.15, 0.2) is 42.5 Å². The van der Waals surface area contributed by atoms with Crippen LogP contribution in [0.5, 0.6) is 0 Å². The lowest BCUT2D eigenvalue weighted by Crippen LogP contribution is -2.15. The van der Waals surface area contributed by atoms with Gasteiger partial charge in [-0.3, -0.25) is 14.9 Å². The number of hydrogen-bond donors (Lipinski definition) is 1. The van der Waals surface area contributed by atoms with Crippen molar-refractivity contribution < 1.29 is 22.9 Å². The summed E-state index contributed by atoms with van der Waals surface area (Å²) in [4.78, 5) is 24.2. The number of nitrogens with one attached hydrogen (secondary N) is 1. The summed E-state index contributed by atoms with van der Waals surface area (Å²) in [6.07, 6.45) is -4.47. The minimum absolute atomic E-state index is 0.0252. The standard InChI is InChI=1S/C16H14F3N3O3/c1-21(2)13-8-3-10(9-14(13)22(24)25)15(23)20-12-6-4-11(5-7-12)16(17,18)19/h3-9H,1-2H3,(H,20,23). The highest BCUT2D eigenvalue weighted by atomic mass is 19.4. The third-order valence-corrected chi connectivity index (χ3v) is 3.39. The molecule has 0 saturated carbocycles. The number of nitro groups is 1. The number of halogens is 3. The molecule has 6 nitrogen and oxygen atoms in total. The molecule has 0 spiro atoms. The molecule has 1 amide bonds. The molecule has 0 aliphatic rings. The van der Waals surface area contributed by atoms with Crippen LogP contribution in [0.2, 0.25) is 0 Å². The molecule has 25 heavy (non-hydrogen) atoms. The summed E-state index contributed by atoms with van der Waals surface area (Å²) >= 11 is 0. The van der Waals surface area contributed by atoms with E-state index in [9.17, 15) is 28.1 Å². The van der Waals surface area contributed by atoms with Crippen molar-refractivity contribution in [3.05, 3.63) is 63.7 Å². The first-order valence-corrected chi connectivity index (χ1v) is 7.04. The number of benzene rings is 2. The smallest absolute Gasteiger partial charge is 0.372 e. The van der Waals surface area contributed by atoms with Crippen molar-refractivity contribution in [3.8, 4) is 0 Å².